The third-order valence-electron chi connectivity index (χ3n) is 3.34. The average molecular weight is 293 g/mol. The van der Waals surface area contributed by atoms with Crippen molar-refractivity contribution in [3.8, 4) is 5.75 Å². The third-order valence-corrected chi connectivity index (χ3v) is 3.34. The molecule has 0 aromatic heterocycles. The predicted octanol–water partition coefficient (Wildman–Crippen LogP) is 2.58. The van der Waals surface area contributed by atoms with Gasteiger partial charge in [-0.2, -0.15) is 0 Å². The van der Waals surface area contributed by atoms with Gasteiger partial charge in [-0.15, -0.1) is 0 Å². The monoisotopic (exact) mass is 293 g/mol. The van der Waals surface area contributed by atoms with Crippen LogP contribution in [0.1, 0.15) is 12.0 Å². The summed E-state index contributed by atoms with van der Waals surface area (Å²) < 4.78 is 32.0. The Morgan fingerprint density at radius 3 is 2.19 bits per heavy atom. The number of benzene rings is 2. The van der Waals surface area contributed by atoms with E-state index in [4.69, 9.17) is 10.5 Å². The van der Waals surface area contributed by atoms with Gasteiger partial charge in [-0.05, 0) is 17.7 Å². The zero-order valence-electron chi connectivity index (χ0n) is 11.4. The molecule has 0 amide bonds. The summed E-state index contributed by atoms with van der Waals surface area (Å²) in [7, 11) is 0. The van der Waals surface area contributed by atoms with Crippen LogP contribution in [-0.2, 0) is 5.54 Å². The summed E-state index contributed by atoms with van der Waals surface area (Å²) in [6.45, 7) is -0.302. The molecule has 0 bridgehead atoms. The van der Waals surface area contributed by atoms with E-state index in [2.05, 4.69) is 0 Å². The summed E-state index contributed by atoms with van der Waals surface area (Å²) in [5, 5.41) is 9.52. The van der Waals surface area contributed by atoms with Gasteiger partial charge in [-0.3, -0.25) is 0 Å². The summed E-state index contributed by atoms with van der Waals surface area (Å²) in [6, 6.07) is 12.6. The molecule has 3 nitrogen and oxygen atoms in total. The molecule has 0 fully saturated rings. The molecule has 0 saturated heterocycles. The van der Waals surface area contributed by atoms with Crippen molar-refractivity contribution in [2.24, 2.45) is 5.73 Å². The minimum absolute atomic E-state index is 0.0101. The molecule has 3 N–H and O–H groups in total. The van der Waals surface area contributed by atoms with Crippen LogP contribution in [-0.4, -0.2) is 18.3 Å². The van der Waals surface area contributed by atoms with Gasteiger partial charge in [0.1, 0.15) is 0 Å². The van der Waals surface area contributed by atoms with Gasteiger partial charge in [0.15, 0.2) is 17.4 Å². The highest BCUT2D eigenvalue weighted by Crippen LogP contribution is 2.24. The van der Waals surface area contributed by atoms with Gasteiger partial charge in [0.2, 0.25) is 0 Å². The average Bonchev–Trinajstić information content (AvgIpc) is 2.51. The van der Waals surface area contributed by atoms with Gasteiger partial charge in [0.25, 0.3) is 0 Å². The second-order valence-electron chi connectivity index (χ2n) is 4.83. The second kappa shape index (κ2) is 6.65. The Kier molecular flexibility index (Phi) is 4.88. The first-order chi connectivity index (χ1) is 10.1. The van der Waals surface area contributed by atoms with Gasteiger partial charge < -0.3 is 15.6 Å². The first-order valence-corrected chi connectivity index (χ1v) is 6.59. The highest BCUT2D eigenvalue weighted by molar-refractivity contribution is 5.27. The Bertz CT molecular complexity index is 572. The molecule has 0 spiro atoms. The molecule has 0 aliphatic carbocycles. The van der Waals surface area contributed by atoms with Crippen LogP contribution in [0.15, 0.2) is 48.5 Å². The normalized spacial score (nSPS) is 13.7. The smallest absolute Gasteiger partial charge is 0.190 e. The lowest BCUT2D eigenvalue weighted by molar-refractivity contribution is 0.159. The SMILES string of the molecule is NC(CO)(CCOc1c(F)cccc1F)c1ccccc1. The van der Waals surface area contributed by atoms with Crippen molar-refractivity contribution in [1.82, 2.24) is 0 Å². The minimum Gasteiger partial charge on any atom is -0.488 e. The van der Waals surface area contributed by atoms with Crippen LogP contribution in [0, 0.1) is 11.6 Å². The first-order valence-electron chi connectivity index (χ1n) is 6.59. The van der Waals surface area contributed by atoms with Gasteiger partial charge in [-0.25, -0.2) is 8.78 Å². The molecule has 2 aromatic carbocycles. The van der Waals surface area contributed by atoms with Crippen molar-refractivity contribution in [2.45, 2.75) is 12.0 Å². The fourth-order valence-corrected chi connectivity index (χ4v) is 2.04. The molecule has 0 heterocycles. The molecular formula is C16H17F2NO2. The fraction of sp³-hybridized carbons (Fsp3) is 0.250. The van der Waals surface area contributed by atoms with Crippen LogP contribution in [0.4, 0.5) is 8.78 Å². The second-order valence-corrected chi connectivity index (χ2v) is 4.83. The molecular weight excluding hydrogens is 276 g/mol. The molecule has 1 atom stereocenters. The first kappa shape index (κ1) is 15.4. The van der Waals surface area contributed by atoms with Crippen LogP contribution in [0.3, 0.4) is 0 Å². The molecule has 21 heavy (non-hydrogen) atoms. The number of rotatable bonds is 6. The van der Waals surface area contributed by atoms with Gasteiger partial charge in [0.05, 0.1) is 18.8 Å². The van der Waals surface area contributed by atoms with E-state index >= 15 is 0 Å². The molecule has 112 valence electrons. The zero-order chi connectivity index (χ0) is 15.3. The number of halogens is 2. The Morgan fingerprint density at radius 2 is 1.62 bits per heavy atom. The maximum absolute atomic E-state index is 13.4. The van der Waals surface area contributed by atoms with E-state index < -0.39 is 22.9 Å². The van der Waals surface area contributed by atoms with E-state index in [1.165, 1.54) is 6.07 Å². The molecule has 0 radical (unpaired) electrons. The van der Waals surface area contributed by atoms with E-state index in [0.717, 1.165) is 17.7 Å². The fourth-order valence-electron chi connectivity index (χ4n) is 2.04. The van der Waals surface area contributed by atoms with Crippen molar-refractivity contribution >= 4 is 0 Å². The molecule has 0 aliphatic rings. The van der Waals surface area contributed by atoms with Gasteiger partial charge >= 0.3 is 0 Å². The van der Waals surface area contributed by atoms with Crippen molar-refractivity contribution < 1.29 is 18.6 Å². The van der Waals surface area contributed by atoms with E-state index in [1.54, 1.807) is 12.1 Å². The Balaban J connectivity index is 2.04. The predicted molar refractivity (Wildman–Crippen MR) is 75.9 cm³/mol. The quantitative estimate of drug-likeness (QED) is 0.860. The minimum atomic E-state index is -1.01. The van der Waals surface area contributed by atoms with E-state index in [-0.39, 0.29) is 19.6 Å². The number of para-hydroxylation sites is 1. The summed E-state index contributed by atoms with van der Waals surface area (Å²) in [5.74, 6) is -1.95. The molecule has 1 unspecified atom stereocenters. The number of hydrogen-bond acceptors (Lipinski definition) is 3. The zero-order valence-corrected chi connectivity index (χ0v) is 11.4. The maximum atomic E-state index is 13.4. The third kappa shape index (κ3) is 3.56. The van der Waals surface area contributed by atoms with Crippen LogP contribution in [0.2, 0.25) is 0 Å². The number of aliphatic hydroxyl groups excluding tert-OH is 1. The van der Waals surface area contributed by atoms with Crippen LogP contribution in [0.5, 0.6) is 5.75 Å². The Labute approximate surface area is 122 Å². The van der Waals surface area contributed by atoms with Crippen LogP contribution >= 0.6 is 0 Å². The lowest BCUT2D eigenvalue weighted by Crippen LogP contribution is -2.42. The van der Waals surface area contributed by atoms with E-state index in [0.29, 0.717) is 0 Å². The highest BCUT2D eigenvalue weighted by atomic mass is 19.1. The van der Waals surface area contributed by atoms with Crippen molar-refractivity contribution in [3.63, 3.8) is 0 Å². The molecule has 0 aliphatic heterocycles. The van der Waals surface area contributed by atoms with Crippen molar-refractivity contribution in [2.75, 3.05) is 13.2 Å². The molecule has 0 saturated carbocycles. The number of hydrogen-bond donors (Lipinski definition) is 2. The Morgan fingerprint density at radius 1 is 1.00 bits per heavy atom. The standard InChI is InChI=1S/C16H17F2NO2/c17-13-7-4-8-14(18)15(13)21-10-9-16(19,11-20)12-5-2-1-3-6-12/h1-8,20H,9-11,19H2. The summed E-state index contributed by atoms with van der Waals surface area (Å²) in [6.07, 6.45) is 0.223. The summed E-state index contributed by atoms with van der Waals surface area (Å²) >= 11 is 0. The van der Waals surface area contributed by atoms with Crippen LogP contribution < -0.4 is 10.5 Å². The van der Waals surface area contributed by atoms with E-state index in [1.807, 2.05) is 18.2 Å². The maximum Gasteiger partial charge on any atom is 0.190 e. The lowest BCUT2D eigenvalue weighted by Gasteiger charge is -2.27. The van der Waals surface area contributed by atoms with Crippen molar-refractivity contribution in [1.29, 1.82) is 0 Å². The number of aliphatic hydroxyl groups is 1. The highest BCUT2D eigenvalue weighted by Gasteiger charge is 2.26. The number of ether oxygens (including phenoxy) is 1. The molecule has 2 aromatic rings. The van der Waals surface area contributed by atoms with Gasteiger partial charge in [0, 0.05) is 6.42 Å². The van der Waals surface area contributed by atoms with E-state index in [9.17, 15) is 13.9 Å². The number of nitrogens with two attached hydrogens (primary N) is 1. The Hall–Kier alpha value is -1.98. The summed E-state index contributed by atoms with van der Waals surface area (Å²) in [4.78, 5) is 0. The molecule has 5 heteroatoms. The summed E-state index contributed by atoms with van der Waals surface area (Å²) in [5.41, 5.74) is 5.87. The topological polar surface area (TPSA) is 55.5 Å². The molecule has 2 rings (SSSR count). The largest absolute Gasteiger partial charge is 0.488 e. The lowest BCUT2D eigenvalue weighted by atomic mass is 9.89. The van der Waals surface area contributed by atoms with Crippen molar-refractivity contribution in [3.05, 3.63) is 65.7 Å². The van der Waals surface area contributed by atoms with Crippen LogP contribution in [0.25, 0.3) is 0 Å². The van der Waals surface area contributed by atoms with Gasteiger partial charge in [-0.1, -0.05) is 36.4 Å².